The number of halogens is 1. The zero-order valence-corrected chi connectivity index (χ0v) is 14.9. The summed E-state index contributed by atoms with van der Waals surface area (Å²) in [5.41, 5.74) is 2.40. The van der Waals surface area contributed by atoms with Crippen LogP contribution < -0.4 is 15.4 Å². The Hall–Kier alpha value is -1.30. The van der Waals surface area contributed by atoms with E-state index in [1.165, 1.54) is 11.1 Å². The van der Waals surface area contributed by atoms with Crippen LogP contribution in [0.5, 0.6) is 5.75 Å². The Morgan fingerprint density at radius 2 is 2.00 bits per heavy atom. The van der Waals surface area contributed by atoms with Gasteiger partial charge in [-0.3, -0.25) is 4.79 Å². The first-order chi connectivity index (χ1) is 10.6. The number of ether oxygens (including phenoxy) is 1. The van der Waals surface area contributed by atoms with Crippen molar-refractivity contribution in [2.24, 2.45) is 0 Å². The first-order valence-corrected chi connectivity index (χ1v) is 8.05. The maximum atomic E-state index is 11.8. The quantitative estimate of drug-likeness (QED) is 0.738. The largest absolute Gasteiger partial charge is 0.484 e. The molecule has 0 aliphatic carbocycles. The minimum Gasteiger partial charge on any atom is -0.484 e. The van der Waals surface area contributed by atoms with Gasteiger partial charge in [-0.25, -0.2) is 0 Å². The van der Waals surface area contributed by atoms with E-state index in [1.807, 2.05) is 25.1 Å². The molecule has 0 atom stereocenters. The number of hydrogen-bond acceptors (Lipinski definition) is 4. The lowest BCUT2D eigenvalue weighted by molar-refractivity contribution is -0.123. The molecule has 1 heterocycles. The zero-order valence-electron chi connectivity index (χ0n) is 14.1. The van der Waals surface area contributed by atoms with Gasteiger partial charge in [0.05, 0.1) is 0 Å². The van der Waals surface area contributed by atoms with E-state index < -0.39 is 0 Å². The molecule has 23 heavy (non-hydrogen) atoms. The highest BCUT2D eigenvalue weighted by atomic mass is 35.5. The minimum atomic E-state index is -0.0569. The van der Waals surface area contributed by atoms with Gasteiger partial charge in [-0.2, -0.15) is 0 Å². The Morgan fingerprint density at radius 3 is 2.70 bits per heavy atom. The molecular formula is C17H28ClN3O2. The number of benzene rings is 1. The molecule has 0 unspecified atom stereocenters. The van der Waals surface area contributed by atoms with Crippen molar-refractivity contribution in [2.75, 3.05) is 45.9 Å². The Balaban J connectivity index is 0.00000264. The number of hydrogen-bond donors (Lipinski definition) is 2. The van der Waals surface area contributed by atoms with Crippen molar-refractivity contribution in [3.8, 4) is 5.75 Å². The minimum absolute atomic E-state index is 0. The summed E-state index contributed by atoms with van der Waals surface area (Å²) in [6, 6.07) is 5.88. The number of amides is 1. The Morgan fingerprint density at radius 1 is 1.26 bits per heavy atom. The maximum absolute atomic E-state index is 11.8. The lowest BCUT2D eigenvalue weighted by atomic mass is 10.1. The SMILES string of the molecule is Cc1ccc(OCC(=O)NCCCN2CCNCC2)cc1C.Cl. The van der Waals surface area contributed by atoms with Gasteiger partial charge in [-0.15, -0.1) is 12.4 Å². The smallest absolute Gasteiger partial charge is 0.257 e. The normalized spacial score (nSPS) is 14.9. The lowest BCUT2D eigenvalue weighted by Gasteiger charge is -2.27. The molecule has 1 saturated heterocycles. The van der Waals surface area contributed by atoms with Crippen LogP contribution in [-0.4, -0.2) is 56.7 Å². The summed E-state index contributed by atoms with van der Waals surface area (Å²) in [4.78, 5) is 14.2. The third-order valence-electron chi connectivity index (χ3n) is 4.03. The highest BCUT2D eigenvalue weighted by Crippen LogP contribution is 2.16. The number of nitrogens with one attached hydrogen (secondary N) is 2. The fourth-order valence-corrected chi connectivity index (χ4v) is 2.47. The molecule has 0 aromatic heterocycles. The van der Waals surface area contributed by atoms with Gasteiger partial charge in [-0.05, 0) is 50.1 Å². The molecular weight excluding hydrogens is 314 g/mol. The van der Waals surface area contributed by atoms with Gasteiger partial charge in [0.15, 0.2) is 6.61 Å². The van der Waals surface area contributed by atoms with Crippen molar-refractivity contribution in [2.45, 2.75) is 20.3 Å². The van der Waals surface area contributed by atoms with E-state index in [4.69, 9.17) is 4.74 Å². The molecule has 1 amide bonds. The molecule has 1 aliphatic heterocycles. The van der Waals surface area contributed by atoms with Gasteiger partial charge in [0.25, 0.3) is 5.91 Å². The molecule has 0 spiro atoms. The molecule has 2 rings (SSSR count). The molecule has 2 N–H and O–H groups in total. The van der Waals surface area contributed by atoms with E-state index in [0.717, 1.165) is 44.9 Å². The average molecular weight is 342 g/mol. The van der Waals surface area contributed by atoms with Crippen molar-refractivity contribution < 1.29 is 9.53 Å². The molecule has 0 radical (unpaired) electrons. The molecule has 1 fully saturated rings. The number of carbonyl (C=O) groups excluding carboxylic acids is 1. The average Bonchev–Trinajstić information content (AvgIpc) is 2.54. The molecule has 0 saturated carbocycles. The van der Waals surface area contributed by atoms with E-state index in [2.05, 4.69) is 22.5 Å². The summed E-state index contributed by atoms with van der Waals surface area (Å²) in [6.45, 7) is 10.3. The number of carbonyl (C=O) groups is 1. The Bertz CT molecular complexity index is 491. The van der Waals surface area contributed by atoms with Gasteiger partial charge < -0.3 is 20.3 Å². The van der Waals surface area contributed by atoms with Crippen LogP contribution in [0.25, 0.3) is 0 Å². The van der Waals surface area contributed by atoms with Crippen LogP contribution in [0.4, 0.5) is 0 Å². The fraction of sp³-hybridized carbons (Fsp3) is 0.588. The van der Waals surface area contributed by atoms with Gasteiger partial charge in [-0.1, -0.05) is 6.07 Å². The summed E-state index contributed by atoms with van der Waals surface area (Å²) in [6.07, 6.45) is 0.982. The predicted molar refractivity (Wildman–Crippen MR) is 95.6 cm³/mol. The van der Waals surface area contributed by atoms with Crippen molar-refractivity contribution >= 4 is 18.3 Å². The maximum Gasteiger partial charge on any atom is 0.257 e. The summed E-state index contributed by atoms with van der Waals surface area (Å²) < 4.78 is 5.52. The summed E-state index contributed by atoms with van der Waals surface area (Å²) in [5.74, 6) is 0.692. The first-order valence-electron chi connectivity index (χ1n) is 8.05. The monoisotopic (exact) mass is 341 g/mol. The van der Waals surface area contributed by atoms with E-state index in [9.17, 15) is 4.79 Å². The third-order valence-corrected chi connectivity index (χ3v) is 4.03. The Kier molecular flexibility index (Phi) is 8.99. The van der Waals surface area contributed by atoms with Crippen LogP contribution in [0.1, 0.15) is 17.5 Å². The molecule has 1 aromatic rings. The van der Waals surface area contributed by atoms with E-state index in [-0.39, 0.29) is 24.9 Å². The first kappa shape index (κ1) is 19.7. The lowest BCUT2D eigenvalue weighted by Crippen LogP contribution is -2.44. The van der Waals surface area contributed by atoms with Crippen LogP contribution in [0, 0.1) is 13.8 Å². The topological polar surface area (TPSA) is 53.6 Å². The molecule has 0 bridgehead atoms. The second kappa shape index (κ2) is 10.5. The second-order valence-corrected chi connectivity index (χ2v) is 5.83. The molecule has 1 aliphatic rings. The van der Waals surface area contributed by atoms with E-state index in [1.54, 1.807) is 0 Å². The predicted octanol–water partition coefficient (Wildman–Crippen LogP) is 1.52. The number of piperazine rings is 1. The van der Waals surface area contributed by atoms with Crippen LogP contribution in [-0.2, 0) is 4.79 Å². The summed E-state index contributed by atoms with van der Waals surface area (Å²) in [5, 5.41) is 6.25. The van der Waals surface area contributed by atoms with Crippen molar-refractivity contribution in [3.05, 3.63) is 29.3 Å². The van der Waals surface area contributed by atoms with Crippen LogP contribution >= 0.6 is 12.4 Å². The van der Waals surface area contributed by atoms with Gasteiger partial charge in [0, 0.05) is 32.7 Å². The Labute approximate surface area is 145 Å². The van der Waals surface area contributed by atoms with E-state index in [0.29, 0.717) is 6.54 Å². The van der Waals surface area contributed by atoms with Crippen LogP contribution in [0.15, 0.2) is 18.2 Å². The highest BCUT2D eigenvalue weighted by molar-refractivity contribution is 5.85. The van der Waals surface area contributed by atoms with Gasteiger partial charge in [0.1, 0.15) is 5.75 Å². The van der Waals surface area contributed by atoms with Crippen LogP contribution in [0.2, 0.25) is 0 Å². The van der Waals surface area contributed by atoms with Crippen molar-refractivity contribution in [3.63, 3.8) is 0 Å². The van der Waals surface area contributed by atoms with Crippen molar-refractivity contribution in [1.82, 2.24) is 15.5 Å². The van der Waals surface area contributed by atoms with E-state index >= 15 is 0 Å². The third kappa shape index (κ3) is 7.20. The number of aryl methyl sites for hydroxylation is 2. The number of nitrogens with zero attached hydrogens (tertiary/aromatic N) is 1. The standard InChI is InChI=1S/C17H27N3O2.ClH/c1-14-4-5-16(12-15(14)2)22-13-17(21)19-6-3-9-20-10-7-18-8-11-20;/h4-5,12,18H,3,6-11,13H2,1-2H3,(H,19,21);1H. The molecule has 1 aromatic carbocycles. The van der Waals surface area contributed by atoms with Crippen molar-refractivity contribution in [1.29, 1.82) is 0 Å². The van der Waals surface area contributed by atoms with Crippen LogP contribution in [0.3, 0.4) is 0 Å². The molecule has 5 nitrogen and oxygen atoms in total. The fourth-order valence-electron chi connectivity index (χ4n) is 2.47. The second-order valence-electron chi connectivity index (χ2n) is 5.83. The number of rotatable bonds is 7. The molecule has 130 valence electrons. The summed E-state index contributed by atoms with van der Waals surface area (Å²) in [7, 11) is 0. The highest BCUT2D eigenvalue weighted by Gasteiger charge is 2.09. The van der Waals surface area contributed by atoms with Gasteiger partial charge >= 0.3 is 0 Å². The summed E-state index contributed by atoms with van der Waals surface area (Å²) >= 11 is 0. The molecule has 6 heteroatoms. The van der Waals surface area contributed by atoms with Gasteiger partial charge in [0.2, 0.25) is 0 Å². The zero-order chi connectivity index (χ0) is 15.8.